The van der Waals surface area contributed by atoms with Gasteiger partial charge in [0.05, 0.1) is 12.6 Å². The summed E-state index contributed by atoms with van der Waals surface area (Å²) < 4.78 is 5.39. The molecule has 1 unspecified atom stereocenters. The van der Waals surface area contributed by atoms with Crippen LogP contribution in [0.2, 0.25) is 0 Å². The van der Waals surface area contributed by atoms with Gasteiger partial charge in [-0.3, -0.25) is 4.79 Å². The molecule has 1 aliphatic rings. The molecule has 1 aliphatic heterocycles. The third kappa shape index (κ3) is 4.89. The molecule has 3 amide bonds. The van der Waals surface area contributed by atoms with E-state index in [0.29, 0.717) is 12.2 Å². The highest BCUT2D eigenvalue weighted by Gasteiger charge is 2.16. The number of urea groups is 1. The maximum atomic E-state index is 11.6. The van der Waals surface area contributed by atoms with Crippen molar-refractivity contribution >= 4 is 17.6 Å². The van der Waals surface area contributed by atoms with E-state index < -0.39 is 6.03 Å². The molecule has 0 aliphatic carbocycles. The van der Waals surface area contributed by atoms with E-state index in [1.54, 1.807) is 12.1 Å². The third-order valence-corrected chi connectivity index (χ3v) is 2.99. The number of para-hydroxylation sites is 1. The molecule has 1 saturated heterocycles. The third-order valence-electron chi connectivity index (χ3n) is 2.99. The Hall–Kier alpha value is -2.08. The van der Waals surface area contributed by atoms with Crippen LogP contribution in [0.3, 0.4) is 0 Å². The minimum Gasteiger partial charge on any atom is -0.376 e. The fourth-order valence-corrected chi connectivity index (χ4v) is 1.95. The number of nitrogens with one attached hydrogen (secondary N) is 3. The Labute approximate surface area is 117 Å². The van der Waals surface area contributed by atoms with Crippen LogP contribution in [0, 0.1) is 0 Å². The van der Waals surface area contributed by atoms with E-state index in [1.807, 2.05) is 18.2 Å². The van der Waals surface area contributed by atoms with Crippen molar-refractivity contribution in [2.75, 3.05) is 25.0 Å². The summed E-state index contributed by atoms with van der Waals surface area (Å²) in [6.45, 7) is 1.21. The van der Waals surface area contributed by atoms with Gasteiger partial charge in [-0.15, -0.1) is 0 Å². The SMILES string of the molecule is O=C(CNC(=O)Nc1ccccc1)NCC1CCCO1. The van der Waals surface area contributed by atoms with Crippen molar-refractivity contribution in [1.82, 2.24) is 10.6 Å². The minimum absolute atomic E-state index is 0.0502. The number of amides is 3. The summed E-state index contributed by atoms with van der Waals surface area (Å²) in [7, 11) is 0. The monoisotopic (exact) mass is 277 g/mol. The van der Waals surface area contributed by atoms with Crippen LogP contribution >= 0.6 is 0 Å². The number of rotatable bonds is 5. The zero-order chi connectivity index (χ0) is 14.2. The Morgan fingerprint density at radius 3 is 2.70 bits per heavy atom. The lowest BCUT2D eigenvalue weighted by atomic mass is 10.2. The number of benzene rings is 1. The quantitative estimate of drug-likeness (QED) is 0.754. The maximum absolute atomic E-state index is 11.6. The van der Waals surface area contributed by atoms with Gasteiger partial charge in [0, 0.05) is 18.8 Å². The zero-order valence-corrected chi connectivity index (χ0v) is 11.2. The van der Waals surface area contributed by atoms with Gasteiger partial charge in [0.15, 0.2) is 0 Å². The maximum Gasteiger partial charge on any atom is 0.319 e. The molecule has 6 nitrogen and oxygen atoms in total. The molecule has 1 atom stereocenters. The van der Waals surface area contributed by atoms with Crippen LogP contribution in [-0.2, 0) is 9.53 Å². The summed E-state index contributed by atoms with van der Waals surface area (Å²) in [5.41, 5.74) is 0.685. The number of anilines is 1. The normalized spacial score (nSPS) is 17.5. The second-order valence-electron chi connectivity index (χ2n) is 4.61. The Kier molecular flexibility index (Phi) is 5.37. The minimum atomic E-state index is -0.400. The van der Waals surface area contributed by atoms with E-state index in [2.05, 4.69) is 16.0 Å². The number of hydrogen-bond donors (Lipinski definition) is 3. The first kappa shape index (κ1) is 14.3. The molecule has 1 fully saturated rings. The van der Waals surface area contributed by atoms with Gasteiger partial charge in [-0.1, -0.05) is 18.2 Å². The highest BCUT2D eigenvalue weighted by molar-refractivity contribution is 5.92. The van der Waals surface area contributed by atoms with E-state index in [9.17, 15) is 9.59 Å². The first-order valence-electron chi connectivity index (χ1n) is 6.72. The summed E-state index contributed by atoms with van der Waals surface area (Å²) in [6.07, 6.45) is 2.12. The van der Waals surface area contributed by atoms with Gasteiger partial charge < -0.3 is 20.7 Å². The molecule has 20 heavy (non-hydrogen) atoms. The van der Waals surface area contributed by atoms with E-state index >= 15 is 0 Å². The van der Waals surface area contributed by atoms with Crippen molar-refractivity contribution in [3.8, 4) is 0 Å². The Morgan fingerprint density at radius 2 is 2.00 bits per heavy atom. The molecular weight excluding hydrogens is 258 g/mol. The molecule has 1 aromatic rings. The number of hydrogen-bond acceptors (Lipinski definition) is 3. The summed E-state index contributed by atoms with van der Waals surface area (Å²) in [6, 6.07) is 8.66. The summed E-state index contributed by atoms with van der Waals surface area (Å²) >= 11 is 0. The lowest BCUT2D eigenvalue weighted by Gasteiger charge is -2.11. The van der Waals surface area contributed by atoms with Crippen molar-refractivity contribution in [1.29, 1.82) is 0 Å². The van der Waals surface area contributed by atoms with Crippen molar-refractivity contribution in [3.05, 3.63) is 30.3 Å². The van der Waals surface area contributed by atoms with Gasteiger partial charge in [-0.25, -0.2) is 4.79 Å². The zero-order valence-electron chi connectivity index (χ0n) is 11.2. The predicted octanol–water partition coefficient (Wildman–Crippen LogP) is 1.10. The average molecular weight is 277 g/mol. The molecule has 1 aromatic carbocycles. The average Bonchev–Trinajstić information content (AvgIpc) is 2.97. The van der Waals surface area contributed by atoms with E-state index in [4.69, 9.17) is 4.74 Å². The van der Waals surface area contributed by atoms with E-state index in [0.717, 1.165) is 19.4 Å². The Morgan fingerprint density at radius 1 is 1.20 bits per heavy atom. The largest absolute Gasteiger partial charge is 0.376 e. The van der Waals surface area contributed by atoms with Crippen molar-refractivity contribution in [2.45, 2.75) is 18.9 Å². The number of carbonyl (C=O) groups excluding carboxylic acids is 2. The number of ether oxygens (including phenoxy) is 1. The van der Waals surface area contributed by atoms with E-state index in [1.165, 1.54) is 0 Å². The lowest BCUT2D eigenvalue weighted by molar-refractivity contribution is -0.120. The van der Waals surface area contributed by atoms with Gasteiger partial charge in [-0.05, 0) is 25.0 Å². The topological polar surface area (TPSA) is 79.5 Å². The molecule has 0 radical (unpaired) electrons. The van der Waals surface area contributed by atoms with Crippen LogP contribution < -0.4 is 16.0 Å². The second kappa shape index (κ2) is 7.49. The van der Waals surface area contributed by atoms with Crippen LogP contribution in [0.15, 0.2) is 30.3 Å². The molecule has 1 heterocycles. The molecule has 2 rings (SSSR count). The standard InChI is InChI=1S/C14H19N3O3/c18-13(15-9-12-7-4-8-20-12)10-16-14(19)17-11-5-2-1-3-6-11/h1-3,5-6,12H,4,7-10H2,(H,15,18)(H2,16,17,19). The Balaban J connectivity index is 1.61. The van der Waals surface area contributed by atoms with Gasteiger partial charge >= 0.3 is 6.03 Å². The fraction of sp³-hybridized carbons (Fsp3) is 0.429. The van der Waals surface area contributed by atoms with Crippen molar-refractivity contribution in [2.24, 2.45) is 0 Å². The van der Waals surface area contributed by atoms with E-state index in [-0.39, 0.29) is 18.6 Å². The highest BCUT2D eigenvalue weighted by Crippen LogP contribution is 2.10. The Bertz CT molecular complexity index is 444. The highest BCUT2D eigenvalue weighted by atomic mass is 16.5. The summed E-state index contributed by atoms with van der Waals surface area (Å²) in [5.74, 6) is -0.219. The van der Waals surface area contributed by atoms with Crippen molar-refractivity contribution in [3.63, 3.8) is 0 Å². The fourth-order valence-electron chi connectivity index (χ4n) is 1.95. The molecule has 6 heteroatoms. The van der Waals surface area contributed by atoms with Gasteiger partial charge in [-0.2, -0.15) is 0 Å². The molecule has 108 valence electrons. The lowest BCUT2D eigenvalue weighted by Crippen LogP contribution is -2.41. The first-order valence-corrected chi connectivity index (χ1v) is 6.72. The molecule has 0 aromatic heterocycles. The molecule has 3 N–H and O–H groups in total. The van der Waals surface area contributed by atoms with Crippen LogP contribution in [0.1, 0.15) is 12.8 Å². The molecule has 0 saturated carbocycles. The van der Waals surface area contributed by atoms with Crippen LogP contribution in [0.4, 0.5) is 10.5 Å². The summed E-state index contributed by atoms with van der Waals surface area (Å²) in [4.78, 5) is 23.1. The van der Waals surface area contributed by atoms with Crippen LogP contribution in [-0.4, -0.2) is 37.7 Å². The predicted molar refractivity (Wildman–Crippen MR) is 75.4 cm³/mol. The van der Waals surface area contributed by atoms with Crippen molar-refractivity contribution < 1.29 is 14.3 Å². The second-order valence-corrected chi connectivity index (χ2v) is 4.61. The number of carbonyl (C=O) groups is 2. The molecular formula is C14H19N3O3. The van der Waals surface area contributed by atoms with Gasteiger partial charge in [0.25, 0.3) is 0 Å². The van der Waals surface area contributed by atoms with Crippen LogP contribution in [0.25, 0.3) is 0 Å². The van der Waals surface area contributed by atoms with Gasteiger partial charge in [0.1, 0.15) is 0 Å². The molecule has 0 bridgehead atoms. The van der Waals surface area contributed by atoms with Gasteiger partial charge in [0.2, 0.25) is 5.91 Å². The first-order chi connectivity index (χ1) is 9.74. The molecule has 0 spiro atoms. The summed E-state index contributed by atoms with van der Waals surface area (Å²) in [5, 5.41) is 7.88. The smallest absolute Gasteiger partial charge is 0.319 e. The van der Waals surface area contributed by atoms with Crippen LogP contribution in [0.5, 0.6) is 0 Å².